The van der Waals surface area contributed by atoms with E-state index in [0.29, 0.717) is 37.6 Å². The third kappa shape index (κ3) is 4.16. The number of hydrogen-bond acceptors (Lipinski definition) is 5. The van der Waals surface area contributed by atoms with Crippen LogP contribution in [0.15, 0.2) is 59.3 Å². The molecule has 29 heavy (non-hydrogen) atoms. The number of hydrogen-bond donors (Lipinski definition) is 0. The Labute approximate surface area is 168 Å². The highest BCUT2D eigenvalue weighted by atomic mass is 16.5. The van der Waals surface area contributed by atoms with Gasteiger partial charge in [0.05, 0.1) is 6.26 Å². The van der Waals surface area contributed by atoms with Gasteiger partial charge in [0, 0.05) is 32.4 Å². The SMILES string of the molecule is Cc1ccccc1OCn1ccc(C(=O)N2CCN(C(=O)c3ccco3)CC2)n1. The molecule has 0 N–H and O–H groups in total. The van der Waals surface area contributed by atoms with E-state index in [1.165, 1.54) is 6.26 Å². The second-order valence-electron chi connectivity index (χ2n) is 6.84. The molecule has 8 nitrogen and oxygen atoms in total. The number of benzene rings is 1. The van der Waals surface area contributed by atoms with E-state index >= 15 is 0 Å². The molecule has 1 aliphatic heterocycles. The zero-order chi connectivity index (χ0) is 20.2. The summed E-state index contributed by atoms with van der Waals surface area (Å²) in [6, 6.07) is 12.8. The first-order valence-electron chi connectivity index (χ1n) is 9.46. The molecule has 1 fully saturated rings. The Morgan fingerprint density at radius 1 is 1.00 bits per heavy atom. The van der Waals surface area contributed by atoms with Crippen LogP contribution in [0.5, 0.6) is 5.75 Å². The molecule has 2 aromatic heterocycles. The Morgan fingerprint density at radius 2 is 1.72 bits per heavy atom. The number of nitrogens with zero attached hydrogens (tertiary/aromatic N) is 4. The Morgan fingerprint density at radius 3 is 2.41 bits per heavy atom. The van der Waals surface area contributed by atoms with Crippen LogP contribution >= 0.6 is 0 Å². The molecule has 1 aliphatic rings. The smallest absolute Gasteiger partial charge is 0.289 e. The summed E-state index contributed by atoms with van der Waals surface area (Å²) in [7, 11) is 0. The van der Waals surface area contributed by atoms with Crippen molar-refractivity contribution in [3.8, 4) is 5.75 Å². The summed E-state index contributed by atoms with van der Waals surface area (Å²) in [5.74, 6) is 0.801. The van der Waals surface area contributed by atoms with Crippen molar-refractivity contribution in [2.24, 2.45) is 0 Å². The lowest BCUT2D eigenvalue weighted by atomic mass is 10.2. The lowest BCUT2D eigenvalue weighted by Gasteiger charge is -2.33. The largest absolute Gasteiger partial charge is 0.471 e. The maximum Gasteiger partial charge on any atom is 0.289 e. The summed E-state index contributed by atoms with van der Waals surface area (Å²) >= 11 is 0. The van der Waals surface area contributed by atoms with Crippen molar-refractivity contribution in [1.82, 2.24) is 19.6 Å². The van der Waals surface area contributed by atoms with E-state index in [4.69, 9.17) is 9.15 Å². The van der Waals surface area contributed by atoms with Gasteiger partial charge < -0.3 is 19.0 Å². The monoisotopic (exact) mass is 394 g/mol. The lowest BCUT2D eigenvalue weighted by molar-refractivity contribution is 0.0514. The van der Waals surface area contributed by atoms with Crippen LogP contribution in [0, 0.1) is 6.92 Å². The predicted molar refractivity (Wildman–Crippen MR) is 105 cm³/mol. The van der Waals surface area contributed by atoms with Gasteiger partial charge in [-0.2, -0.15) is 5.10 Å². The molecule has 0 bridgehead atoms. The fourth-order valence-corrected chi connectivity index (χ4v) is 3.23. The highest BCUT2D eigenvalue weighted by molar-refractivity contribution is 5.93. The van der Waals surface area contributed by atoms with Crippen LogP contribution < -0.4 is 4.74 Å². The molecule has 150 valence electrons. The van der Waals surface area contributed by atoms with Crippen molar-refractivity contribution < 1.29 is 18.7 Å². The van der Waals surface area contributed by atoms with E-state index in [1.807, 2.05) is 31.2 Å². The van der Waals surface area contributed by atoms with Crippen molar-refractivity contribution in [3.05, 3.63) is 71.9 Å². The Balaban J connectivity index is 1.31. The van der Waals surface area contributed by atoms with Crippen LogP contribution in [0.4, 0.5) is 0 Å². The molecule has 0 spiro atoms. The zero-order valence-electron chi connectivity index (χ0n) is 16.2. The fraction of sp³-hybridized carbons (Fsp3) is 0.286. The van der Waals surface area contributed by atoms with Crippen molar-refractivity contribution >= 4 is 11.8 Å². The molecule has 8 heteroatoms. The first kappa shape index (κ1) is 18.8. The van der Waals surface area contributed by atoms with Gasteiger partial charge in [-0.25, -0.2) is 4.68 Å². The van der Waals surface area contributed by atoms with Gasteiger partial charge in [0.15, 0.2) is 18.2 Å². The molecule has 4 rings (SSSR count). The molecule has 0 radical (unpaired) electrons. The van der Waals surface area contributed by atoms with Crippen LogP contribution in [-0.4, -0.2) is 57.6 Å². The number of carbonyl (C=O) groups excluding carboxylic acids is 2. The number of carbonyl (C=O) groups is 2. The Kier molecular flexibility index (Phi) is 5.33. The molecule has 0 aliphatic carbocycles. The molecular formula is C21H22N4O4. The average molecular weight is 394 g/mol. The van der Waals surface area contributed by atoms with Gasteiger partial charge in [0.1, 0.15) is 5.75 Å². The first-order valence-corrected chi connectivity index (χ1v) is 9.46. The molecule has 1 aromatic carbocycles. The van der Waals surface area contributed by atoms with E-state index in [1.54, 1.807) is 38.9 Å². The molecule has 3 heterocycles. The second kappa shape index (κ2) is 8.22. The third-order valence-corrected chi connectivity index (χ3v) is 4.89. The maximum absolute atomic E-state index is 12.7. The number of furan rings is 1. The average Bonchev–Trinajstić information content (AvgIpc) is 3.45. The minimum Gasteiger partial charge on any atom is -0.471 e. The molecule has 0 unspecified atom stereocenters. The van der Waals surface area contributed by atoms with E-state index in [9.17, 15) is 9.59 Å². The quantitative estimate of drug-likeness (QED) is 0.664. The van der Waals surface area contributed by atoms with Crippen molar-refractivity contribution in [2.75, 3.05) is 26.2 Å². The molecule has 3 aromatic rings. The standard InChI is InChI=1S/C21H22N4O4/c1-16-5-2-3-6-18(16)29-15-25-9-8-17(22-25)20(26)23-10-12-24(13-11-23)21(27)19-7-4-14-28-19/h2-9,14H,10-13,15H2,1H3. The van der Waals surface area contributed by atoms with Gasteiger partial charge in [-0.05, 0) is 36.8 Å². The number of aryl methyl sites for hydroxylation is 1. The predicted octanol–water partition coefficient (Wildman–Crippen LogP) is 2.42. The van der Waals surface area contributed by atoms with Gasteiger partial charge in [-0.1, -0.05) is 18.2 Å². The highest BCUT2D eigenvalue weighted by Gasteiger charge is 2.27. The van der Waals surface area contributed by atoms with Gasteiger partial charge in [-0.3, -0.25) is 9.59 Å². The minimum atomic E-state index is -0.153. The number of piperazine rings is 1. The normalized spacial score (nSPS) is 14.1. The molecule has 1 saturated heterocycles. The Hall–Kier alpha value is -3.55. The van der Waals surface area contributed by atoms with Crippen LogP contribution in [0.2, 0.25) is 0 Å². The molecule has 2 amide bonds. The number of rotatable bonds is 5. The number of aromatic nitrogens is 2. The van der Waals surface area contributed by atoms with Gasteiger partial charge in [-0.15, -0.1) is 0 Å². The second-order valence-corrected chi connectivity index (χ2v) is 6.84. The summed E-state index contributed by atoms with van der Waals surface area (Å²) in [6.07, 6.45) is 3.20. The summed E-state index contributed by atoms with van der Waals surface area (Å²) < 4.78 is 12.5. The third-order valence-electron chi connectivity index (χ3n) is 4.89. The Bertz CT molecular complexity index is 988. The lowest BCUT2D eigenvalue weighted by Crippen LogP contribution is -2.50. The van der Waals surface area contributed by atoms with Gasteiger partial charge in [0.2, 0.25) is 0 Å². The summed E-state index contributed by atoms with van der Waals surface area (Å²) in [5.41, 5.74) is 1.40. The highest BCUT2D eigenvalue weighted by Crippen LogP contribution is 2.17. The van der Waals surface area contributed by atoms with E-state index in [2.05, 4.69) is 5.10 Å². The fourth-order valence-electron chi connectivity index (χ4n) is 3.23. The van der Waals surface area contributed by atoms with Crippen LogP contribution in [-0.2, 0) is 6.73 Å². The van der Waals surface area contributed by atoms with E-state index in [-0.39, 0.29) is 18.5 Å². The molecular weight excluding hydrogens is 372 g/mol. The summed E-state index contributed by atoms with van der Waals surface area (Å²) in [4.78, 5) is 28.5. The van der Waals surface area contributed by atoms with Crippen molar-refractivity contribution in [1.29, 1.82) is 0 Å². The number of para-hydroxylation sites is 1. The van der Waals surface area contributed by atoms with Gasteiger partial charge >= 0.3 is 0 Å². The zero-order valence-corrected chi connectivity index (χ0v) is 16.2. The van der Waals surface area contributed by atoms with Crippen molar-refractivity contribution in [2.45, 2.75) is 13.7 Å². The van der Waals surface area contributed by atoms with Gasteiger partial charge in [0.25, 0.3) is 11.8 Å². The van der Waals surface area contributed by atoms with Crippen LogP contribution in [0.1, 0.15) is 26.6 Å². The van der Waals surface area contributed by atoms with E-state index in [0.717, 1.165) is 11.3 Å². The van der Waals surface area contributed by atoms with Crippen LogP contribution in [0.3, 0.4) is 0 Å². The van der Waals surface area contributed by atoms with Crippen LogP contribution in [0.25, 0.3) is 0 Å². The molecule has 0 atom stereocenters. The summed E-state index contributed by atoms with van der Waals surface area (Å²) in [6.45, 7) is 4.04. The topological polar surface area (TPSA) is 80.8 Å². The van der Waals surface area contributed by atoms with E-state index < -0.39 is 0 Å². The number of amides is 2. The minimum absolute atomic E-state index is 0.148. The summed E-state index contributed by atoms with van der Waals surface area (Å²) in [5, 5.41) is 4.33. The maximum atomic E-state index is 12.7. The molecule has 0 saturated carbocycles. The first-order chi connectivity index (χ1) is 14.1. The number of ether oxygens (including phenoxy) is 1. The van der Waals surface area contributed by atoms with Crippen molar-refractivity contribution in [3.63, 3.8) is 0 Å².